The van der Waals surface area contributed by atoms with Gasteiger partial charge in [-0.25, -0.2) is 4.79 Å². The molecule has 0 aromatic rings. The number of aliphatic hydroxyl groups is 1. The Balaban J connectivity index is 2.06. The fraction of sp³-hybridized carbons (Fsp3) is 0.750. The van der Waals surface area contributed by atoms with Gasteiger partial charge < -0.3 is 9.84 Å². The van der Waals surface area contributed by atoms with Crippen molar-refractivity contribution in [3.63, 3.8) is 0 Å². The second-order valence-electron chi connectivity index (χ2n) is 5.50. The summed E-state index contributed by atoms with van der Waals surface area (Å²) in [4.78, 5) is 13.7. The molecular formula is C12H19NO3. The lowest BCUT2D eigenvalue weighted by atomic mass is 9.89. The van der Waals surface area contributed by atoms with Crippen molar-refractivity contribution < 1.29 is 14.6 Å². The Hall–Kier alpha value is -1.03. The van der Waals surface area contributed by atoms with Gasteiger partial charge in [-0.2, -0.15) is 0 Å². The van der Waals surface area contributed by atoms with E-state index in [1.165, 1.54) is 0 Å². The average molecular weight is 225 g/mol. The molecule has 2 aliphatic rings. The maximum atomic E-state index is 12.0. The number of aliphatic hydroxyl groups excluding tert-OH is 1. The van der Waals surface area contributed by atoms with Crippen molar-refractivity contribution in [2.45, 2.75) is 44.9 Å². The summed E-state index contributed by atoms with van der Waals surface area (Å²) in [6.45, 7) is 5.56. The summed E-state index contributed by atoms with van der Waals surface area (Å²) in [5.41, 5.74) is -0.483. The molecule has 0 unspecified atom stereocenters. The van der Waals surface area contributed by atoms with E-state index in [9.17, 15) is 9.90 Å². The second-order valence-corrected chi connectivity index (χ2v) is 5.50. The maximum Gasteiger partial charge on any atom is 0.411 e. The molecule has 1 saturated heterocycles. The van der Waals surface area contributed by atoms with Crippen LogP contribution in [-0.2, 0) is 4.74 Å². The van der Waals surface area contributed by atoms with E-state index < -0.39 is 5.60 Å². The first-order valence-electron chi connectivity index (χ1n) is 5.73. The molecule has 3 atom stereocenters. The molecule has 0 aromatic carbocycles. The predicted octanol–water partition coefficient (Wildman–Crippen LogP) is 1.54. The molecule has 2 rings (SSSR count). The van der Waals surface area contributed by atoms with Gasteiger partial charge in [0.1, 0.15) is 5.60 Å². The molecular weight excluding hydrogens is 206 g/mol. The summed E-state index contributed by atoms with van der Waals surface area (Å²) in [5.74, 6) is 0.407. The van der Waals surface area contributed by atoms with Crippen LogP contribution in [0.3, 0.4) is 0 Å². The maximum absolute atomic E-state index is 12.0. The fourth-order valence-corrected chi connectivity index (χ4v) is 2.30. The predicted molar refractivity (Wildman–Crippen MR) is 60.0 cm³/mol. The number of rotatable bonds is 1. The summed E-state index contributed by atoms with van der Waals surface area (Å²) >= 11 is 0. The number of amides is 1. The molecule has 0 saturated carbocycles. The number of nitrogens with zero attached hydrogens (tertiary/aromatic N) is 1. The topological polar surface area (TPSA) is 49.8 Å². The molecule has 1 amide bonds. The Labute approximate surface area is 95.9 Å². The molecule has 4 nitrogen and oxygen atoms in total. The third-order valence-corrected chi connectivity index (χ3v) is 3.07. The smallest absolute Gasteiger partial charge is 0.411 e. The first-order chi connectivity index (χ1) is 7.42. The van der Waals surface area contributed by atoms with E-state index in [1.54, 1.807) is 4.90 Å². The molecule has 90 valence electrons. The number of carbonyl (C=O) groups is 1. The Morgan fingerprint density at radius 1 is 1.50 bits per heavy atom. The summed E-state index contributed by atoms with van der Waals surface area (Å²) < 4.78 is 5.35. The van der Waals surface area contributed by atoms with E-state index in [-0.39, 0.29) is 24.8 Å². The molecule has 0 aromatic heterocycles. The zero-order valence-electron chi connectivity index (χ0n) is 10.0. The lowest BCUT2D eigenvalue weighted by molar-refractivity contribution is 0.0113. The Kier molecular flexibility index (Phi) is 2.70. The van der Waals surface area contributed by atoms with Crippen LogP contribution in [0.15, 0.2) is 12.2 Å². The molecule has 0 bridgehead atoms. The van der Waals surface area contributed by atoms with Gasteiger partial charge >= 0.3 is 6.09 Å². The van der Waals surface area contributed by atoms with Crippen molar-refractivity contribution in [2.24, 2.45) is 5.92 Å². The van der Waals surface area contributed by atoms with Gasteiger partial charge in [0, 0.05) is 5.92 Å². The normalized spacial score (nSPS) is 32.2. The summed E-state index contributed by atoms with van der Waals surface area (Å²) in [6, 6.07) is 0.0341. The Morgan fingerprint density at radius 2 is 2.19 bits per heavy atom. The standard InChI is InChI=1S/C12H19NO3/c1-12(2,3)16-11(15)13-9(7-14)6-8-4-5-10(8)13/h4-5,8-10,14H,6-7H2,1-3H3/t8-,9+,10-/m1/s1. The fourth-order valence-electron chi connectivity index (χ4n) is 2.30. The summed E-state index contributed by atoms with van der Waals surface area (Å²) in [5, 5.41) is 9.27. The minimum absolute atomic E-state index is 0.00786. The van der Waals surface area contributed by atoms with Crippen molar-refractivity contribution in [1.82, 2.24) is 4.90 Å². The van der Waals surface area contributed by atoms with Crippen LogP contribution in [0.5, 0.6) is 0 Å². The summed E-state index contributed by atoms with van der Waals surface area (Å²) in [6.07, 6.45) is 4.63. The van der Waals surface area contributed by atoms with Gasteiger partial charge in [-0.3, -0.25) is 4.90 Å². The quantitative estimate of drug-likeness (QED) is 0.689. The first kappa shape index (κ1) is 11.5. The minimum atomic E-state index is -0.483. The van der Waals surface area contributed by atoms with Gasteiger partial charge in [0.25, 0.3) is 0 Å². The molecule has 0 spiro atoms. The van der Waals surface area contributed by atoms with Crippen molar-refractivity contribution >= 4 is 6.09 Å². The van der Waals surface area contributed by atoms with E-state index >= 15 is 0 Å². The number of likely N-dealkylation sites (tertiary alicyclic amines) is 1. The van der Waals surface area contributed by atoms with Gasteiger partial charge in [-0.05, 0) is 27.2 Å². The van der Waals surface area contributed by atoms with Crippen LogP contribution in [0.4, 0.5) is 4.79 Å². The van der Waals surface area contributed by atoms with E-state index in [0.717, 1.165) is 6.42 Å². The zero-order valence-corrected chi connectivity index (χ0v) is 10.0. The number of carbonyl (C=O) groups excluding carboxylic acids is 1. The van der Waals surface area contributed by atoms with Crippen LogP contribution >= 0.6 is 0 Å². The third kappa shape index (κ3) is 1.94. The highest BCUT2D eigenvalue weighted by molar-refractivity contribution is 5.70. The van der Waals surface area contributed by atoms with Crippen LogP contribution in [0.2, 0.25) is 0 Å². The number of hydrogen-bond acceptors (Lipinski definition) is 3. The van der Waals surface area contributed by atoms with E-state index in [4.69, 9.17) is 4.74 Å². The van der Waals surface area contributed by atoms with Crippen LogP contribution in [0, 0.1) is 5.92 Å². The Morgan fingerprint density at radius 3 is 2.62 bits per heavy atom. The van der Waals surface area contributed by atoms with E-state index in [0.29, 0.717) is 5.92 Å². The van der Waals surface area contributed by atoms with Crippen LogP contribution in [-0.4, -0.2) is 40.4 Å². The Bertz CT molecular complexity index is 319. The van der Waals surface area contributed by atoms with E-state index in [1.807, 2.05) is 26.8 Å². The zero-order chi connectivity index (χ0) is 11.9. The molecule has 1 aliphatic carbocycles. The highest BCUT2D eigenvalue weighted by Crippen LogP contribution is 2.38. The van der Waals surface area contributed by atoms with Gasteiger partial charge in [0.05, 0.1) is 18.7 Å². The number of ether oxygens (including phenoxy) is 1. The molecule has 0 radical (unpaired) electrons. The van der Waals surface area contributed by atoms with Gasteiger partial charge in [0.2, 0.25) is 0 Å². The van der Waals surface area contributed by atoms with E-state index in [2.05, 4.69) is 6.08 Å². The highest BCUT2D eigenvalue weighted by Gasteiger charge is 2.46. The van der Waals surface area contributed by atoms with Crippen LogP contribution < -0.4 is 0 Å². The monoisotopic (exact) mass is 225 g/mol. The van der Waals surface area contributed by atoms with Crippen molar-refractivity contribution in [2.75, 3.05) is 6.61 Å². The van der Waals surface area contributed by atoms with Crippen molar-refractivity contribution in [1.29, 1.82) is 0 Å². The lowest BCUT2D eigenvalue weighted by Crippen LogP contribution is -2.46. The molecule has 1 aliphatic heterocycles. The highest BCUT2D eigenvalue weighted by atomic mass is 16.6. The number of hydrogen-bond donors (Lipinski definition) is 1. The molecule has 1 N–H and O–H groups in total. The second kappa shape index (κ2) is 3.77. The molecule has 1 heterocycles. The molecule has 1 fully saturated rings. The molecule has 4 heteroatoms. The first-order valence-corrected chi connectivity index (χ1v) is 5.73. The van der Waals surface area contributed by atoms with Crippen molar-refractivity contribution in [3.8, 4) is 0 Å². The SMILES string of the molecule is CC(C)(C)OC(=O)N1[C@H](CO)C[C@H]2C=C[C@H]21. The largest absolute Gasteiger partial charge is 0.444 e. The number of fused-ring (bicyclic) bond motifs is 1. The minimum Gasteiger partial charge on any atom is -0.444 e. The average Bonchev–Trinajstić information content (AvgIpc) is 2.35. The lowest BCUT2D eigenvalue weighted by Gasteiger charge is -2.33. The van der Waals surface area contributed by atoms with Gasteiger partial charge in [-0.1, -0.05) is 12.2 Å². The van der Waals surface area contributed by atoms with Gasteiger partial charge in [-0.15, -0.1) is 0 Å². The third-order valence-electron chi connectivity index (χ3n) is 3.07. The summed E-state index contributed by atoms with van der Waals surface area (Å²) in [7, 11) is 0. The van der Waals surface area contributed by atoms with Crippen LogP contribution in [0.1, 0.15) is 27.2 Å². The molecule has 16 heavy (non-hydrogen) atoms. The van der Waals surface area contributed by atoms with Crippen molar-refractivity contribution in [3.05, 3.63) is 12.2 Å². The van der Waals surface area contributed by atoms with Gasteiger partial charge in [0.15, 0.2) is 0 Å². The van der Waals surface area contributed by atoms with Crippen LogP contribution in [0.25, 0.3) is 0 Å².